The van der Waals surface area contributed by atoms with Gasteiger partial charge in [-0.1, -0.05) is 18.2 Å². The van der Waals surface area contributed by atoms with Gasteiger partial charge in [-0.25, -0.2) is 0 Å². The highest BCUT2D eigenvalue weighted by Crippen LogP contribution is 2.17. The Hall–Kier alpha value is -2.70. The number of nitrogens with zero attached hydrogens (tertiary/aromatic N) is 3. The van der Waals surface area contributed by atoms with Crippen LogP contribution in [0, 0.1) is 0 Å². The van der Waals surface area contributed by atoms with Gasteiger partial charge in [-0.3, -0.25) is 9.59 Å². The minimum atomic E-state index is -0.122. The van der Waals surface area contributed by atoms with Crippen molar-refractivity contribution in [3.05, 3.63) is 36.2 Å². The third kappa shape index (κ3) is 3.30. The average Bonchev–Trinajstić information content (AvgIpc) is 3.02. The van der Waals surface area contributed by atoms with Gasteiger partial charge in [0.25, 0.3) is 0 Å². The molecule has 7 heteroatoms. The first-order valence-corrected chi connectivity index (χ1v) is 7.14. The Morgan fingerprint density at radius 1 is 1.27 bits per heavy atom. The largest absolute Gasteiger partial charge is 0.421 e. The maximum Gasteiger partial charge on any atom is 0.247 e. The van der Waals surface area contributed by atoms with Crippen LogP contribution in [-0.4, -0.2) is 46.5 Å². The molecule has 7 nitrogen and oxygen atoms in total. The van der Waals surface area contributed by atoms with E-state index in [4.69, 9.17) is 4.42 Å². The summed E-state index contributed by atoms with van der Waals surface area (Å²) in [6, 6.07) is 9.46. The smallest absolute Gasteiger partial charge is 0.247 e. The normalized spacial score (nSPS) is 14.7. The fourth-order valence-electron chi connectivity index (χ4n) is 2.28. The standard InChI is InChI=1S/C15H16N4O3/c20-12-10-19(9-8-16-12)14(21)7-6-13-17-18-15(22-13)11-4-2-1-3-5-11/h1-5H,6-10H2,(H,16,20). The van der Waals surface area contributed by atoms with Crippen molar-refractivity contribution in [3.8, 4) is 11.5 Å². The molecule has 3 rings (SSSR count). The van der Waals surface area contributed by atoms with E-state index in [9.17, 15) is 9.59 Å². The molecular formula is C15H16N4O3. The number of hydrogen-bond donors (Lipinski definition) is 1. The van der Waals surface area contributed by atoms with Gasteiger partial charge in [-0.05, 0) is 12.1 Å². The summed E-state index contributed by atoms with van der Waals surface area (Å²) in [4.78, 5) is 24.9. The molecule has 0 atom stereocenters. The Balaban J connectivity index is 1.57. The van der Waals surface area contributed by atoms with Gasteiger partial charge in [0.05, 0.1) is 6.54 Å². The van der Waals surface area contributed by atoms with Crippen LogP contribution < -0.4 is 5.32 Å². The van der Waals surface area contributed by atoms with E-state index in [1.54, 1.807) is 4.90 Å². The first kappa shape index (κ1) is 14.2. The van der Waals surface area contributed by atoms with Crippen molar-refractivity contribution in [2.45, 2.75) is 12.8 Å². The second kappa shape index (κ2) is 6.38. The molecule has 0 radical (unpaired) electrons. The number of piperazine rings is 1. The van der Waals surface area contributed by atoms with Gasteiger partial charge in [0.1, 0.15) is 0 Å². The minimum Gasteiger partial charge on any atom is -0.421 e. The number of aromatic nitrogens is 2. The maximum absolute atomic E-state index is 12.0. The Morgan fingerprint density at radius 2 is 2.09 bits per heavy atom. The molecule has 2 amide bonds. The maximum atomic E-state index is 12.0. The molecule has 1 N–H and O–H groups in total. The third-order valence-corrected chi connectivity index (χ3v) is 3.43. The number of rotatable bonds is 4. The fourth-order valence-corrected chi connectivity index (χ4v) is 2.28. The molecule has 114 valence electrons. The SMILES string of the molecule is O=C1CN(C(=O)CCc2nnc(-c3ccccc3)o2)CCN1. The lowest BCUT2D eigenvalue weighted by Gasteiger charge is -2.26. The topological polar surface area (TPSA) is 88.3 Å². The van der Waals surface area contributed by atoms with E-state index in [0.717, 1.165) is 5.56 Å². The zero-order chi connectivity index (χ0) is 15.4. The molecule has 0 unspecified atom stereocenters. The molecule has 22 heavy (non-hydrogen) atoms. The molecule has 1 aromatic heterocycles. The van der Waals surface area contributed by atoms with Gasteiger partial charge in [0.15, 0.2) is 0 Å². The second-order valence-corrected chi connectivity index (χ2v) is 5.03. The Kier molecular flexibility index (Phi) is 4.13. The zero-order valence-corrected chi connectivity index (χ0v) is 12.0. The molecule has 1 aromatic carbocycles. The van der Waals surface area contributed by atoms with Crippen molar-refractivity contribution in [1.82, 2.24) is 20.4 Å². The number of benzene rings is 1. The molecule has 1 saturated heterocycles. The van der Waals surface area contributed by atoms with E-state index < -0.39 is 0 Å². The first-order chi connectivity index (χ1) is 10.7. The third-order valence-electron chi connectivity index (χ3n) is 3.43. The van der Waals surface area contributed by atoms with Crippen LogP contribution in [-0.2, 0) is 16.0 Å². The Labute approximate surface area is 127 Å². The van der Waals surface area contributed by atoms with E-state index in [1.165, 1.54) is 0 Å². The molecule has 2 aromatic rings. The summed E-state index contributed by atoms with van der Waals surface area (Å²) in [6.07, 6.45) is 0.625. The van der Waals surface area contributed by atoms with Crippen LogP contribution in [0.3, 0.4) is 0 Å². The monoisotopic (exact) mass is 300 g/mol. The number of carbonyl (C=O) groups is 2. The molecule has 2 heterocycles. The van der Waals surface area contributed by atoms with Crippen molar-refractivity contribution < 1.29 is 14.0 Å². The van der Waals surface area contributed by atoms with Gasteiger partial charge >= 0.3 is 0 Å². The summed E-state index contributed by atoms with van der Waals surface area (Å²) in [5, 5.41) is 10.6. The van der Waals surface area contributed by atoms with Crippen LogP contribution in [0.1, 0.15) is 12.3 Å². The summed E-state index contributed by atoms with van der Waals surface area (Å²) >= 11 is 0. The highest BCUT2D eigenvalue weighted by atomic mass is 16.4. The molecular weight excluding hydrogens is 284 g/mol. The lowest BCUT2D eigenvalue weighted by molar-refractivity contribution is -0.138. The first-order valence-electron chi connectivity index (χ1n) is 7.14. The van der Waals surface area contributed by atoms with E-state index in [-0.39, 0.29) is 24.8 Å². The molecule has 1 aliphatic rings. The summed E-state index contributed by atoms with van der Waals surface area (Å²) in [7, 11) is 0. The highest BCUT2D eigenvalue weighted by Gasteiger charge is 2.21. The van der Waals surface area contributed by atoms with E-state index >= 15 is 0 Å². The molecule has 1 fully saturated rings. The van der Waals surface area contributed by atoms with E-state index in [1.807, 2.05) is 30.3 Å². The predicted molar refractivity (Wildman–Crippen MR) is 77.6 cm³/mol. The fraction of sp³-hybridized carbons (Fsp3) is 0.333. The molecule has 0 aliphatic carbocycles. The quantitative estimate of drug-likeness (QED) is 0.894. The highest BCUT2D eigenvalue weighted by molar-refractivity contribution is 5.85. The van der Waals surface area contributed by atoms with Gasteiger partial charge < -0.3 is 14.6 Å². The van der Waals surface area contributed by atoms with Crippen molar-refractivity contribution in [3.63, 3.8) is 0 Å². The van der Waals surface area contributed by atoms with E-state index in [0.29, 0.717) is 31.3 Å². The summed E-state index contributed by atoms with van der Waals surface area (Å²) in [6.45, 7) is 1.17. The van der Waals surface area contributed by atoms with Crippen LogP contribution in [0.5, 0.6) is 0 Å². The molecule has 1 aliphatic heterocycles. The number of hydrogen-bond acceptors (Lipinski definition) is 5. The summed E-state index contributed by atoms with van der Waals surface area (Å²) in [5.74, 6) is 0.673. The number of aryl methyl sites for hydroxylation is 1. The summed E-state index contributed by atoms with van der Waals surface area (Å²) < 4.78 is 5.56. The molecule has 0 bridgehead atoms. The predicted octanol–water partition coefficient (Wildman–Crippen LogP) is 0.628. The van der Waals surface area contributed by atoms with Crippen LogP contribution in [0.25, 0.3) is 11.5 Å². The zero-order valence-electron chi connectivity index (χ0n) is 12.0. The molecule has 0 saturated carbocycles. The van der Waals surface area contributed by atoms with Crippen molar-refractivity contribution in [1.29, 1.82) is 0 Å². The minimum absolute atomic E-state index is 0.0747. The van der Waals surface area contributed by atoms with Crippen molar-refractivity contribution in [2.24, 2.45) is 0 Å². The van der Waals surface area contributed by atoms with Gasteiger partial charge in [-0.2, -0.15) is 0 Å². The van der Waals surface area contributed by atoms with Crippen LogP contribution in [0.15, 0.2) is 34.7 Å². The Bertz CT molecular complexity index is 668. The number of amides is 2. The second-order valence-electron chi connectivity index (χ2n) is 5.03. The van der Waals surface area contributed by atoms with Crippen molar-refractivity contribution in [2.75, 3.05) is 19.6 Å². The van der Waals surface area contributed by atoms with Crippen LogP contribution in [0.4, 0.5) is 0 Å². The molecule has 0 spiro atoms. The lowest BCUT2D eigenvalue weighted by atomic mass is 10.2. The Morgan fingerprint density at radius 3 is 2.86 bits per heavy atom. The van der Waals surface area contributed by atoms with Crippen LogP contribution in [0.2, 0.25) is 0 Å². The van der Waals surface area contributed by atoms with Gasteiger partial charge in [-0.15, -0.1) is 10.2 Å². The number of nitrogens with one attached hydrogen (secondary N) is 1. The lowest BCUT2D eigenvalue weighted by Crippen LogP contribution is -2.50. The average molecular weight is 300 g/mol. The van der Waals surface area contributed by atoms with Crippen molar-refractivity contribution >= 4 is 11.8 Å². The van der Waals surface area contributed by atoms with Gasteiger partial charge in [0, 0.05) is 31.5 Å². The van der Waals surface area contributed by atoms with E-state index in [2.05, 4.69) is 15.5 Å². The summed E-state index contributed by atoms with van der Waals surface area (Å²) in [5.41, 5.74) is 0.847. The van der Waals surface area contributed by atoms with Crippen LogP contribution >= 0.6 is 0 Å². The number of carbonyl (C=O) groups excluding carboxylic acids is 2. The van der Waals surface area contributed by atoms with Gasteiger partial charge in [0.2, 0.25) is 23.6 Å².